The van der Waals surface area contributed by atoms with Crippen molar-refractivity contribution in [2.75, 3.05) is 36.4 Å². The average molecular weight is 263 g/mol. The maximum absolute atomic E-state index is 5.73. The molecule has 5 nitrogen and oxygen atoms in total. The van der Waals surface area contributed by atoms with Gasteiger partial charge < -0.3 is 16.0 Å². The number of aromatic nitrogens is 2. The van der Waals surface area contributed by atoms with Gasteiger partial charge in [-0.3, -0.25) is 0 Å². The van der Waals surface area contributed by atoms with Gasteiger partial charge in [-0.15, -0.1) is 0 Å². The average Bonchev–Trinajstić information content (AvgIpc) is 2.87. The van der Waals surface area contributed by atoms with Crippen molar-refractivity contribution in [3.05, 3.63) is 12.4 Å². The summed E-state index contributed by atoms with van der Waals surface area (Å²) in [5, 5.41) is 3.36. The van der Waals surface area contributed by atoms with Crippen LogP contribution in [0.2, 0.25) is 0 Å². The van der Waals surface area contributed by atoms with Gasteiger partial charge in [0.15, 0.2) is 0 Å². The van der Waals surface area contributed by atoms with Crippen molar-refractivity contribution >= 4 is 11.6 Å². The molecule has 1 aromatic rings. The first-order valence-electron chi connectivity index (χ1n) is 7.20. The van der Waals surface area contributed by atoms with Gasteiger partial charge in [-0.05, 0) is 31.2 Å². The summed E-state index contributed by atoms with van der Waals surface area (Å²) in [6.07, 6.45) is 3.96. The lowest BCUT2D eigenvalue weighted by molar-refractivity contribution is 0.602. The molecule has 0 radical (unpaired) electrons. The highest BCUT2D eigenvalue weighted by Crippen LogP contribution is 2.22. The van der Waals surface area contributed by atoms with Gasteiger partial charge in [-0.25, -0.2) is 9.97 Å². The second kappa shape index (κ2) is 6.70. The van der Waals surface area contributed by atoms with Crippen molar-refractivity contribution in [3.63, 3.8) is 0 Å². The first-order valence-corrected chi connectivity index (χ1v) is 7.20. The molecule has 0 spiro atoms. The Morgan fingerprint density at radius 2 is 2.32 bits per heavy atom. The Balaban J connectivity index is 1.92. The number of nitrogens with two attached hydrogens (primary N) is 1. The van der Waals surface area contributed by atoms with Gasteiger partial charge in [-0.1, -0.05) is 13.8 Å². The number of hydrogen-bond donors (Lipinski definition) is 2. The Bertz CT molecular complexity index is 393. The minimum atomic E-state index is 0.604. The number of anilines is 2. The van der Waals surface area contributed by atoms with E-state index in [-0.39, 0.29) is 0 Å². The zero-order chi connectivity index (χ0) is 13.7. The quantitative estimate of drug-likeness (QED) is 0.818. The van der Waals surface area contributed by atoms with Gasteiger partial charge in [-0.2, -0.15) is 0 Å². The molecule has 3 N–H and O–H groups in total. The minimum Gasteiger partial charge on any atom is -0.370 e. The lowest BCUT2D eigenvalue weighted by Gasteiger charge is -2.18. The maximum atomic E-state index is 5.73. The van der Waals surface area contributed by atoms with Gasteiger partial charge in [0.05, 0.1) is 0 Å². The summed E-state index contributed by atoms with van der Waals surface area (Å²) in [4.78, 5) is 10.9. The molecule has 1 fully saturated rings. The Morgan fingerprint density at radius 1 is 1.47 bits per heavy atom. The van der Waals surface area contributed by atoms with Gasteiger partial charge in [0.2, 0.25) is 0 Å². The highest BCUT2D eigenvalue weighted by atomic mass is 15.2. The molecule has 106 valence electrons. The van der Waals surface area contributed by atoms with Gasteiger partial charge in [0, 0.05) is 25.7 Å². The second-order valence-corrected chi connectivity index (χ2v) is 5.71. The van der Waals surface area contributed by atoms with Crippen LogP contribution in [0.3, 0.4) is 0 Å². The molecule has 1 aromatic heterocycles. The van der Waals surface area contributed by atoms with Crippen LogP contribution in [0.25, 0.3) is 0 Å². The Kier molecular flexibility index (Phi) is 4.96. The smallest absolute Gasteiger partial charge is 0.134 e. The van der Waals surface area contributed by atoms with E-state index in [2.05, 4.69) is 34.0 Å². The summed E-state index contributed by atoms with van der Waals surface area (Å²) in [5.74, 6) is 3.24. The van der Waals surface area contributed by atoms with E-state index in [4.69, 9.17) is 5.73 Å². The predicted octanol–water partition coefficient (Wildman–Crippen LogP) is 1.72. The Morgan fingerprint density at radius 3 is 3.00 bits per heavy atom. The number of rotatable bonds is 6. The van der Waals surface area contributed by atoms with Crippen molar-refractivity contribution in [1.82, 2.24) is 9.97 Å². The molecule has 2 rings (SSSR count). The number of nitrogens with zero attached hydrogens (tertiary/aromatic N) is 3. The maximum Gasteiger partial charge on any atom is 0.134 e. The summed E-state index contributed by atoms with van der Waals surface area (Å²) in [6.45, 7) is 8.23. The van der Waals surface area contributed by atoms with Crippen molar-refractivity contribution in [2.24, 2.45) is 17.6 Å². The predicted molar refractivity (Wildman–Crippen MR) is 79.4 cm³/mol. The van der Waals surface area contributed by atoms with E-state index < -0.39 is 0 Å². The molecular formula is C14H25N5. The molecule has 5 heteroatoms. The van der Waals surface area contributed by atoms with E-state index in [0.717, 1.165) is 50.7 Å². The molecule has 1 aliphatic rings. The van der Waals surface area contributed by atoms with Gasteiger partial charge >= 0.3 is 0 Å². The summed E-state index contributed by atoms with van der Waals surface area (Å²) < 4.78 is 0. The summed E-state index contributed by atoms with van der Waals surface area (Å²) in [7, 11) is 0. The highest BCUT2D eigenvalue weighted by Gasteiger charge is 2.22. The van der Waals surface area contributed by atoms with E-state index in [9.17, 15) is 0 Å². The SMILES string of the molecule is CC(C)CCNc1cc(N2CCC(CN)C2)ncn1. The molecular weight excluding hydrogens is 238 g/mol. The largest absolute Gasteiger partial charge is 0.370 e. The Labute approximate surface area is 115 Å². The Hall–Kier alpha value is -1.36. The summed E-state index contributed by atoms with van der Waals surface area (Å²) >= 11 is 0. The van der Waals surface area contributed by atoms with Crippen LogP contribution in [0.5, 0.6) is 0 Å². The van der Waals surface area contributed by atoms with E-state index in [1.165, 1.54) is 0 Å². The number of nitrogens with one attached hydrogen (secondary N) is 1. The number of hydrogen-bond acceptors (Lipinski definition) is 5. The highest BCUT2D eigenvalue weighted by molar-refractivity contribution is 5.49. The molecule has 0 saturated carbocycles. The molecule has 1 unspecified atom stereocenters. The molecule has 1 aliphatic heterocycles. The molecule has 0 aromatic carbocycles. The first-order chi connectivity index (χ1) is 9.19. The molecule has 19 heavy (non-hydrogen) atoms. The van der Waals surface area contributed by atoms with Crippen molar-refractivity contribution in [3.8, 4) is 0 Å². The third-order valence-electron chi connectivity index (χ3n) is 3.62. The van der Waals surface area contributed by atoms with E-state index in [1.54, 1.807) is 6.33 Å². The standard InChI is InChI=1S/C14H25N5/c1-11(2)3-5-16-13-7-14(18-10-17-13)19-6-4-12(8-15)9-19/h7,10-12H,3-6,8-9,15H2,1-2H3,(H,16,17,18). The van der Waals surface area contributed by atoms with Crippen molar-refractivity contribution in [1.29, 1.82) is 0 Å². The van der Waals surface area contributed by atoms with E-state index in [0.29, 0.717) is 11.8 Å². The van der Waals surface area contributed by atoms with Gasteiger partial charge in [0.1, 0.15) is 18.0 Å². The first kappa shape index (κ1) is 14.1. The van der Waals surface area contributed by atoms with Crippen LogP contribution in [0.1, 0.15) is 26.7 Å². The molecule has 0 amide bonds. The molecule has 0 bridgehead atoms. The monoisotopic (exact) mass is 263 g/mol. The fraction of sp³-hybridized carbons (Fsp3) is 0.714. The summed E-state index contributed by atoms with van der Waals surface area (Å²) in [5.41, 5.74) is 5.73. The van der Waals surface area contributed by atoms with Crippen LogP contribution in [0, 0.1) is 11.8 Å². The van der Waals surface area contributed by atoms with Crippen LogP contribution < -0.4 is 16.0 Å². The van der Waals surface area contributed by atoms with Crippen molar-refractivity contribution < 1.29 is 0 Å². The summed E-state index contributed by atoms with van der Waals surface area (Å²) in [6, 6.07) is 2.04. The van der Waals surface area contributed by atoms with Gasteiger partial charge in [0.25, 0.3) is 0 Å². The fourth-order valence-corrected chi connectivity index (χ4v) is 2.34. The lowest BCUT2D eigenvalue weighted by Crippen LogP contribution is -2.23. The molecule has 1 saturated heterocycles. The van der Waals surface area contributed by atoms with Crippen LogP contribution >= 0.6 is 0 Å². The lowest BCUT2D eigenvalue weighted by atomic mass is 10.1. The zero-order valence-electron chi connectivity index (χ0n) is 12.0. The third-order valence-corrected chi connectivity index (χ3v) is 3.62. The molecule has 0 aliphatic carbocycles. The normalized spacial score (nSPS) is 19.2. The van der Waals surface area contributed by atoms with E-state index in [1.807, 2.05) is 6.07 Å². The second-order valence-electron chi connectivity index (χ2n) is 5.71. The minimum absolute atomic E-state index is 0.604. The van der Waals surface area contributed by atoms with E-state index >= 15 is 0 Å². The van der Waals surface area contributed by atoms with Crippen LogP contribution in [0.4, 0.5) is 11.6 Å². The van der Waals surface area contributed by atoms with Crippen LogP contribution in [0.15, 0.2) is 12.4 Å². The third kappa shape index (κ3) is 4.06. The molecule has 2 heterocycles. The fourth-order valence-electron chi connectivity index (χ4n) is 2.34. The zero-order valence-corrected chi connectivity index (χ0v) is 12.0. The van der Waals surface area contributed by atoms with Crippen LogP contribution in [-0.2, 0) is 0 Å². The topological polar surface area (TPSA) is 67.1 Å². The van der Waals surface area contributed by atoms with Crippen LogP contribution in [-0.4, -0.2) is 36.1 Å². The molecule has 1 atom stereocenters. The van der Waals surface area contributed by atoms with Crippen molar-refractivity contribution in [2.45, 2.75) is 26.7 Å².